The first-order valence-corrected chi connectivity index (χ1v) is 8.65. The van der Waals surface area contributed by atoms with E-state index < -0.39 is 0 Å². The fourth-order valence-corrected chi connectivity index (χ4v) is 3.73. The molecule has 3 rings (SSSR count). The van der Waals surface area contributed by atoms with Crippen LogP contribution in [-0.2, 0) is 13.1 Å². The SMILES string of the molecule is CCN(Cc1nc(-c2cccs2)no1)Cc1ccc(Cl)s1. The molecule has 3 aromatic rings. The van der Waals surface area contributed by atoms with Crippen molar-refractivity contribution in [1.82, 2.24) is 15.0 Å². The van der Waals surface area contributed by atoms with Gasteiger partial charge in [0, 0.05) is 11.4 Å². The Bertz CT molecular complexity index is 693. The Labute approximate surface area is 136 Å². The van der Waals surface area contributed by atoms with Gasteiger partial charge < -0.3 is 4.52 Å². The molecule has 0 saturated carbocycles. The number of nitrogens with zero attached hydrogens (tertiary/aromatic N) is 3. The average Bonchev–Trinajstić information content (AvgIpc) is 3.19. The number of hydrogen-bond donors (Lipinski definition) is 0. The molecule has 0 fully saturated rings. The van der Waals surface area contributed by atoms with Crippen molar-refractivity contribution < 1.29 is 4.52 Å². The first-order chi connectivity index (χ1) is 10.2. The zero-order valence-corrected chi connectivity index (χ0v) is 13.8. The molecular weight excluding hydrogens is 326 g/mol. The number of halogens is 1. The molecule has 0 aromatic carbocycles. The number of rotatable bonds is 6. The van der Waals surface area contributed by atoms with E-state index in [-0.39, 0.29) is 0 Å². The maximum atomic E-state index is 5.97. The molecule has 3 heterocycles. The van der Waals surface area contributed by atoms with Gasteiger partial charge in [-0.1, -0.05) is 29.7 Å². The topological polar surface area (TPSA) is 42.2 Å². The van der Waals surface area contributed by atoms with Gasteiger partial charge in [0.05, 0.1) is 15.8 Å². The zero-order valence-electron chi connectivity index (χ0n) is 11.5. The van der Waals surface area contributed by atoms with Crippen LogP contribution in [0, 0.1) is 0 Å². The van der Waals surface area contributed by atoms with E-state index >= 15 is 0 Å². The maximum Gasteiger partial charge on any atom is 0.241 e. The van der Waals surface area contributed by atoms with E-state index in [0.717, 1.165) is 22.3 Å². The Morgan fingerprint density at radius 2 is 2.19 bits per heavy atom. The van der Waals surface area contributed by atoms with Crippen LogP contribution in [0.2, 0.25) is 4.34 Å². The quantitative estimate of drug-likeness (QED) is 0.661. The van der Waals surface area contributed by atoms with E-state index in [1.165, 1.54) is 4.88 Å². The fraction of sp³-hybridized carbons (Fsp3) is 0.286. The second-order valence-corrected chi connectivity index (χ2v) is 7.25. The van der Waals surface area contributed by atoms with Gasteiger partial charge in [-0.25, -0.2) is 0 Å². The second-order valence-electron chi connectivity index (χ2n) is 4.50. The zero-order chi connectivity index (χ0) is 14.7. The lowest BCUT2D eigenvalue weighted by Crippen LogP contribution is -2.21. The minimum absolute atomic E-state index is 0.642. The van der Waals surface area contributed by atoms with Gasteiger partial charge in [0.2, 0.25) is 11.7 Å². The molecule has 4 nitrogen and oxygen atoms in total. The van der Waals surface area contributed by atoms with Crippen molar-refractivity contribution in [3.63, 3.8) is 0 Å². The molecule has 0 spiro atoms. The normalized spacial score (nSPS) is 11.4. The molecule has 0 unspecified atom stereocenters. The third kappa shape index (κ3) is 3.71. The molecule has 0 amide bonds. The third-order valence-electron chi connectivity index (χ3n) is 3.02. The molecular formula is C14H14ClN3OS2. The van der Waals surface area contributed by atoms with Gasteiger partial charge in [-0.15, -0.1) is 22.7 Å². The van der Waals surface area contributed by atoms with Gasteiger partial charge in [0.25, 0.3) is 0 Å². The van der Waals surface area contributed by atoms with Crippen molar-refractivity contribution in [2.75, 3.05) is 6.54 Å². The summed E-state index contributed by atoms with van der Waals surface area (Å²) in [6.45, 7) is 4.51. The Kier molecular flexibility index (Phi) is 4.70. The fourth-order valence-electron chi connectivity index (χ4n) is 1.95. The molecule has 0 bridgehead atoms. The number of thiophene rings is 2. The van der Waals surface area contributed by atoms with Gasteiger partial charge in [-0.3, -0.25) is 4.90 Å². The molecule has 0 N–H and O–H groups in total. The number of aromatic nitrogens is 2. The molecule has 110 valence electrons. The highest BCUT2D eigenvalue weighted by Crippen LogP contribution is 2.24. The molecule has 0 atom stereocenters. The lowest BCUT2D eigenvalue weighted by Gasteiger charge is -2.16. The van der Waals surface area contributed by atoms with E-state index in [1.807, 2.05) is 23.6 Å². The highest BCUT2D eigenvalue weighted by atomic mass is 35.5. The van der Waals surface area contributed by atoms with Gasteiger partial charge >= 0.3 is 0 Å². The average molecular weight is 340 g/mol. The summed E-state index contributed by atoms with van der Waals surface area (Å²) in [4.78, 5) is 8.96. The molecule has 7 heteroatoms. The highest BCUT2D eigenvalue weighted by molar-refractivity contribution is 7.16. The van der Waals surface area contributed by atoms with Crippen molar-refractivity contribution in [2.45, 2.75) is 20.0 Å². The van der Waals surface area contributed by atoms with Crippen molar-refractivity contribution in [2.24, 2.45) is 0 Å². The molecule has 0 saturated heterocycles. The summed E-state index contributed by atoms with van der Waals surface area (Å²) in [6.07, 6.45) is 0. The lowest BCUT2D eigenvalue weighted by molar-refractivity contribution is 0.230. The van der Waals surface area contributed by atoms with E-state index in [1.54, 1.807) is 22.7 Å². The Morgan fingerprint density at radius 1 is 1.29 bits per heavy atom. The summed E-state index contributed by atoms with van der Waals surface area (Å²) in [7, 11) is 0. The van der Waals surface area contributed by atoms with Crippen molar-refractivity contribution in [3.05, 3.63) is 44.7 Å². The largest absolute Gasteiger partial charge is 0.338 e. The molecule has 21 heavy (non-hydrogen) atoms. The summed E-state index contributed by atoms with van der Waals surface area (Å²) in [5.74, 6) is 1.30. The van der Waals surface area contributed by atoms with Gasteiger partial charge in [-0.05, 0) is 30.1 Å². The van der Waals surface area contributed by atoms with Crippen LogP contribution in [0.4, 0.5) is 0 Å². The summed E-state index contributed by atoms with van der Waals surface area (Å²) < 4.78 is 6.16. The van der Waals surface area contributed by atoms with Crippen LogP contribution in [0.25, 0.3) is 10.7 Å². The Balaban J connectivity index is 1.66. The summed E-state index contributed by atoms with van der Waals surface area (Å²) in [5, 5.41) is 6.04. The number of hydrogen-bond acceptors (Lipinski definition) is 6. The first-order valence-electron chi connectivity index (χ1n) is 6.57. The van der Waals surface area contributed by atoms with Crippen LogP contribution in [0.15, 0.2) is 34.2 Å². The minimum atomic E-state index is 0.642. The van der Waals surface area contributed by atoms with Crippen LogP contribution in [0.3, 0.4) is 0 Å². The predicted molar refractivity (Wildman–Crippen MR) is 86.7 cm³/mol. The molecule has 3 aromatic heterocycles. The van der Waals surface area contributed by atoms with E-state index in [0.29, 0.717) is 18.3 Å². The second kappa shape index (κ2) is 6.70. The smallest absolute Gasteiger partial charge is 0.241 e. The Hall–Kier alpha value is -1.21. The molecule has 0 aliphatic heterocycles. The molecule has 0 aliphatic rings. The van der Waals surface area contributed by atoms with Gasteiger partial charge in [-0.2, -0.15) is 4.98 Å². The third-order valence-corrected chi connectivity index (χ3v) is 5.11. The standard InChI is InChI=1S/C14H14ClN3OS2/c1-2-18(8-10-5-6-12(15)21-10)9-13-16-14(17-19-13)11-4-3-7-20-11/h3-7H,2,8-9H2,1H3. The predicted octanol–water partition coefficient (Wildman–Crippen LogP) is 4.54. The lowest BCUT2D eigenvalue weighted by atomic mass is 10.4. The maximum absolute atomic E-state index is 5.97. The van der Waals surface area contributed by atoms with Crippen molar-refractivity contribution >= 4 is 34.3 Å². The summed E-state index contributed by atoms with van der Waals surface area (Å²) >= 11 is 9.18. The van der Waals surface area contributed by atoms with E-state index in [4.69, 9.17) is 16.1 Å². The highest BCUT2D eigenvalue weighted by Gasteiger charge is 2.13. The summed E-state index contributed by atoms with van der Waals surface area (Å²) in [6, 6.07) is 7.96. The first kappa shape index (κ1) is 14.7. The van der Waals surface area contributed by atoms with Crippen LogP contribution in [-0.4, -0.2) is 21.6 Å². The minimum Gasteiger partial charge on any atom is -0.338 e. The van der Waals surface area contributed by atoms with Crippen LogP contribution in [0.5, 0.6) is 0 Å². The molecule has 0 radical (unpaired) electrons. The van der Waals surface area contributed by atoms with Crippen molar-refractivity contribution in [3.8, 4) is 10.7 Å². The molecule has 0 aliphatic carbocycles. The van der Waals surface area contributed by atoms with Gasteiger partial charge in [0.15, 0.2) is 0 Å². The van der Waals surface area contributed by atoms with E-state index in [9.17, 15) is 0 Å². The van der Waals surface area contributed by atoms with E-state index in [2.05, 4.69) is 28.0 Å². The van der Waals surface area contributed by atoms with Crippen molar-refractivity contribution in [1.29, 1.82) is 0 Å². The van der Waals surface area contributed by atoms with Crippen LogP contribution < -0.4 is 0 Å². The van der Waals surface area contributed by atoms with Crippen LogP contribution >= 0.6 is 34.3 Å². The monoisotopic (exact) mass is 339 g/mol. The van der Waals surface area contributed by atoms with Crippen LogP contribution in [0.1, 0.15) is 17.7 Å². The van der Waals surface area contributed by atoms with Gasteiger partial charge in [0.1, 0.15) is 0 Å². The Morgan fingerprint density at radius 3 is 2.86 bits per heavy atom. The summed E-state index contributed by atoms with van der Waals surface area (Å²) in [5.41, 5.74) is 0.